The Morgan fingerprint density at radius 3 is 3.00 bits per heavy atom. The van der Waals surface area contributed by atoms with Gasteiger partial charge in [0.15, 0.2) is 0 Å². The van der Waals surface area contributed by atoms with Gasteiger partial charge in [0.05, 0.1) is 18.4 Å². The van der Waals surface area contributed by atoms with E-state index in [-0.39, 0.29) is 11.6 Å². The van der Waals surface area contributed by atoms with Crippen molar-refractivity contribution >= 4 is 0 Å². The van der Waals surface area contributed by atoms with Gasteiger partial charge in [-0.15, -0.1) is 0 Å². The summed E-state index contributed by atoms with van der Waals surface area (Å²) in [5.74, 6) is 1.42. The Balaban J connectivity index is 1.95. The fourth-order valence-corrected chi connectivity index (χ4v) is 1.91. The van der Waals surface area contributed by atoms with Crippen molar-refractivity contribution in [2.75, 3.05) is 6.61 Å². The maximum absolute atomic E-state index is 9.75. The quantitative estimate of drug-likeness (QED) is 0.792. The number of pyridine rings is 1. The maximum atomic E-state index is 9.75. The number of rotatable bonds is 4. The zero-order valence-electron chi connectivity index (χ0n) is 11.4. The Morgan fingerprint density at radius 2 is 2.19 bits per heavy atom. The molecule has 2 heterocycles. The lowest BCUT2D eigenvalue weighted by Crippen LogP contribution is -1.91. The van der Waals surface area contributed by atoms with Crippen LogP contribution in [0.25, 0.3) is 22.8 Å². The summed E-state index contributed by atoms with van der Waals surface area (Å²) in [5.41, 5.74) is 1.23. The van der Waals surface area contributed by atoms with Crippen molar-refractivity contribution in [2.24, 2.45) is 0 Å². The molecule has 3 rings (SSSR count). The van der Waals surface area contributed by atoms with Gasteiger partial charge < -0.3 is 14.4 Å². The zero-order chi connectivity index (χ0) is 14.7. The number of aromatic nitrogens is 3. The molecule has 0 radical (unpaired) electrons. The van der Waals surface area contributed by atoms with E-state index in [1.54, 1.807) is 12.3 Å². The number of nitrogens with zero attached hydrogens (tertiary/aromatic N) is 3. The fourth-order valence-electron chi connectivity index (χ4n) is 1.91. The number of hydrogen-bond donors (Lipinski definition) is 1. The topological polar surface area (TPSA) is 81.3 Å². The highest BCUT2D eigenvalue weighted by Crippen LogP contribution is 2.29. The third-order valence-electron chi connectivity index (χ3n) is 2.86. The molecule has 0 spiro atoms. The van der Waals surface area contributed by atoms with Crippen LogP contribution in [0, 0.1) is 0 Å². The van der Waals surface area contributed by atoms with E-state index < -0.39 is 0 Å². The Bertz CT molecular complexity index is 755. The molecule has 1 N–H and O–H groups in total. The zero-order valence-corrected chi connectivity index (χ0v) is 11.4. The maximum Gasteiger partial charge on any atom is 0.262 e. The predicted molar refractivity (Wildman–Crippen MR) is 75.8 cm³/mol. The number of benzene rings is 1. The van der Waals surface area contributed by atoms with Crippen LogP contribution in [0.3, 0.4) is 0 Å². The molecule has 2 aromatic heterocycles. The monoisotopic (exact) mass is 283 g/mol. The summed E-state index contributed by atoms with van der Waals surface area (Å²) in [6, 6.07) is 9.04. The third kappa shape index (κ3) is 2.69. The van der Waals surface area contributed by atoms with Gasteiger partial charge in [-0.1, -0.05) is 17.3 Å². The van der Waals surface area contributed by atoms with E-state index in [0.29, 0.717) is 18.0 Å². The molecule has 106 valence electrons. The third-order valence-corrected chi connectivity index (χ3v) is 2.86. The lowest BCUT2D eigenvalue weighted by atomic mass is 10.2. The summed E-state index contributed by atoms with van der Waals surface area (Å²) >= 11 is 0. The highest BCUT2D eigenvalue weighted by molar-refractivity contribution is 5.64. The molecule has 0 atom stereocenters. The molecule has 21 heavy (non-hydrogen) atoms. The van der Waals surface area contributed by atoms with Crippen molar-refractivity contribution in [3.63, 3.8) is 0 Å². The van der Waals surface area contributed by atoms with Gasteiger partial charge in [-0.3, -0.25) is 4.98 Å². The Labute approximate surface area is 121 Å². The SMILES string of the molecule is CCOc1cccc(-c2noc(-c3ccncc3O)n2)c1. The van der Waals surface area contributed by atoms with E-state index in [0.717, 1.165) is 11.3 Å². The largest absolute Gasteiger partial charge is 0.505 e. The minimum absolute atomic E-state index is 0.00392. The molecule has 0 bridgehead atoms. The van der Waals surface area contributed by atoms with Gasteiger partial charge in [0.1, 0.15) is 11.5 Å². The number of ether oxygens (including phenoxy) is 1. The van der Waals surface area contributed by atoms with Crippen molar-refractivity contribution in [1.82, 2.24) is 15.1 Å². The predicted octanol–water partition coefficient (Wildman–Crippen LogP) is 2.90. The van der Waals surface area contributed by atoms with Crippen LogP contribution in [-0.4, -0.2) is 26.8 Å². The Kier molecular flexibility index (Phi) is 3.51. The molecular weight excluding hydrogens is 270 g/mol. The first-order chi connectivity index (χ1) is 10.3. The second-order valence-corrected chi connectivity index (χ2v) is 4.28. The Morgan fingerprint density at radius 1 is 1.29 bits per heavy atom. The van der Waals surface area contributed by atoms with Gasteiger partial charge in [-0.05, 0) is 25.1 Å². The molecule has 0 unspecified atom stereocenters. The van der Waals surface area contributed by atoms with Crippen LogP contribution in [0.1, 0.15) is 6.92 Å². The summed E-state index contributed by atoms with van der Waals surface area (Å²) in [5, 5.41) is 13.7. The molecule has 0 aliphatic rings. The second kappa shape index (κ2) is 5.62. The van der Waals surface area contributed by atoms with Gasteiger partial charge >= 0.3 is 0 Å². The second-order valence-electron chi connectivity index (χ2n) is 4.28. The standard InChI is InChI=1S/C15H13N3O3/c1-2-20-11-5-3-4-10(8-11)14-17-15(21-18-14)12-6-7-16-9-13(12)19/h3-9,19H,2H2,1H3. The molecule has 6 heteroatoms. The first-order valence-electron chi connectivity index (χ1n) is 6.48. The summed E-state index contributed by atoms with van der Waals surface area (Å²) in [6.45, 7) is 2.51. The van der Waals surface area contributed by atoms with Crippen molar-refractivity contribution < 1.29 is 14.4 Å². The van der Waals surface area contributed by atoms with Crippen LogP contribution in [0.5, 0.6) is 11.5 Å². The number of hydrogen-bond acceptors (Lipinski definition) is 6. The van der Waals surface area contributed by atoms with Gasteiger partial charge in [0, 0.05) is 11.8 Å². The Hall–Kier alpha value is -2.89. The van der Waals surface area contributed by atoms with Crippen LogP contribution in [-0.2, 0) is 0 Å². The molecule has 0 saturated carbocycles. The van der Waals surface area contributed by atoms with E-state index in [1.165, 1.54) is 6.20 Å². The summed E-state index contributed by atoms with van der Waals surface area (Å²) in [6.07, 6.45) is 2.88. The highest BCUT2D eigenvalue weighted by Gasteiger charge is 2.14. The molecule has 6 nitrogen and oxygen atoms in total. The van der Waals surface area contributed by atoms with Crippen molar-refractivity contribution in [2.45, 2.75) is 6.92 Å². The molecular formula is C15H13N3O3. The first kappa shape index (κ1) is 13.1. The van der Waals surface area contributed by atoms with E-state index in [1.807, 2.05) is 31.2 Å². The molecule has 0 aliphatic carbocycles. The highest BCUT2D eigenvalue weighted by atomic mass is 16.5. The van der Waals surface area contributed by atoms with Gasteiger partial charge in [0.2, 0.25) is 5.82 Å². The smallest absolute Gasteiger partial charge is 0.262 e. The minimum Gasteiger partial charge on any atom is -0.505 e. The van der Waals surface area contributed by atoms with Crippen LogP contribution < -0.4 is 4.74 Å². The summed E-state index contributed by atoms with van der Waals surface area (Å²) < 4.78 is 10.6. The first-order valence-corrected chi connectivity index (χ1v) is 6.48. The minimum atomic E-state index is -0.00392. The van der Waals surface area contributed by atoms with E-state index in [9.17, 15) is 5.11 Å². The van der Waals surface area contributed by atoms with Crippen molar-refractivity contribution in [1.29, 1.82) is 0 Å². The molecule has 0 saturated heterocycles. The van der Waals surface area contributed by atoms with Gasteiger partial charge in [-0.2, -0.15) is 4.98 Å². The summed E-state index contributed by atoms with van der Waals surface area (Å²) in [4.78, 5) is 8.10. The molecule has 0 aliphatic heterocycles. The van der Waals surface area contributed by atoms with Crippen LogP contribution in [0.2, 0.25) is 0 Å². The van der Waals surface area contributed by atoms with Crippen molar-refractivity contribution in [3.8, 4) is 34.3 Å². The molecule has 1 aromatic carbocycles. The van der Waals surface area contributed by atoms with E-state index in [4.69, 9.17) is 9.26 Å². The van der Waals surface area contributed by atoms with E-state index >= 15 is 0 Å². The van der Waals surface area contributed by atoms with Crippen LogP contribution in [0.4, 0.5) is 0 Å². The van der Waals surface area contributed by atoms with Crippen molar-refractivity contribution in [3.05, 3.63) is 42.7 Å². The molecule has 0 amide bonds. The average molecular weight is 283 g/mol. The number of aromatic hydroxyl groups is 1. The molecule has 0 fully saturated rings. The lowest BCUT2D eigenvalue weighted by molar-refractivity contribution is 0.340. The van der Waals surface area contributed by atoms with Gasteiger partial charge in [-0.25, -0.2) is 0 Å². The summed E-state index contributed by atoms with van der Waals surface area (Å²) in [7, 11) is 0. The van der Waals surface area contributed by atoms with Gasteiger partial charge in [0.25, 0.3) is 5.89 Å². The average Bonchev–Trinajstić information content (AvgIpc) is 2.98. The molecule has 3 aromatic rings. The van der Waals surface area contributed by atoms with Crippen LogP contribution >= 0.6 is 0 Å². The lowest BCUT2D eigenvalue weighted by Gasteiger charge is -2.03. The van der Waals surface area contributed by atoms with E-state index in [2.05, 4.69) is 15.1 Å². The normalized spacial score (nSPS) is 10.5. The van der Waals surface area contributed by atoms with Crippen LogP contribution in [0.15, 0.2) is 47.2 Å². The fraction of sp³-hybridized carbons (Fsp3) is 0.133.